The summed E-state index contributed by atoms with van der Waals surface area (Å²) < 4.78 is 6.32. The van der Waals surface area contributed by atoms with Crippen LogP contribution in [0.1, 0.15) is 0 Å². The second-order valence-electron chi connectivity index (χ2n) is 14.1. The molecule has 9 aromatic carbocycles. The molecule has 0 atom stereocenters. The molecule has 2 nitrogen and oxygen atoms in total. The first-order chi connectivity index (χ1) is 27.8. The molecule has 0 bridgehead atoms. The van der Waals surface area contributed by atoms with Gasteiger partial charge < -0.3 is 9.32 Å². The first-order valence-corrected chi connectivity index (χ1v) is 19.1. The van der Waals surface area contributed by atoms with Crippen molar-refractivity contribution in [1.29, 1.82) is 0 Å². The molecule has 2 heteroatoms. The molecule has 0 amide bonds. The van der Waals surface area contributed by atoms with Crippen LogP contribution in [0.4, 0.5) is 17.1 Å². The summed E-state index contributed by atoms with van der Waals surface area (Å²) >= 11 is 0. The Morgan fingerprint density at radius 1 is 0.286 bits per heavy atom. The topological polar surface area (TPSA) is 16.4 Å². The Bertz CT molecular complexity index is 2950. The summed E-state index contributed by atoms with van der Waals surface area (Å²) in [4.78, 5) is 2.41. The predicted molar refractivity (Wildman–Crippen MR) is 236 cm³/mol. The van der Waals surface area contributed by atoms with Crippen LogP contribution < -0.4 is 4.90 Å². The third kappa shape index (κ3) is 6.14. The van der Waals surface area contributed by atoms with E-state index >= 15 is 0 Å². The van der Waals surface area contributed by atoms with Gasteiger partial charge in [-0.25, -0.2) is 0 Å². The Morgan fingerprint density at radius 3 is 1.50 bits per heavy atom. The number of anilines is 3. The molecular formula is C54H37NO. The van der Waals surface area contributed by atoms with Crippen molar-refractivity contribution in [2.45, 2.75) is 0 Å². The third-order valence-electron chi connectivity index (χ3n) is 10.7. The minimum atomic E-state index is 0.872. The maximum Gasteiger partial charge on any atom is 0.135 e. The van der Waals surface area contributed by atoms with Crippen LogP contribution in [0.15, 0.2) is 229 Å². The Morgan fingerprint density at radius 2 is 0.786 bits per heavy atom. The van der Waals surface area contributed by atoms with Crippen molar-refractivity contribution in [2.24, 2.45) is 0 Å². The van der Waals surface area contributed by atoms with Crippen molar-refractivity contribution in [3.63, 3.8) is 0 Å². The van der Waals surface area contributed by atoms with Crippen LogP contribution in [0, 0.1) is 0 Å². The molecule has 0 fully saturated rings. The molecule has 0 aliphatic carbocycles. The van der Waals surface area contributed by atoms with Crippen LogP contribution in [-0.2, 0) is 0 Å². The van der Waals surface area contributed by atoms with E-state index in [9.17, 15) is 0 Å². The first kappa shape index (κ1) is 33.2. The summed E-state index contributed by atoms with van der Waals surface area (Å²) in [6.07, 6.45) is 0. The summed E-state index contributed by atoms with van der Waals surface area (Å²) in [6.45, 7) is 0. The molecule has 0 unspecified atom stereocenters. The van der Waals surface area contributed by atoms with Crippen LogP contribution in [-0.4, -0.2) is 0 Å². The van der Waals surface area contributed by atoms with E-state index in [0.29, 0.717) is 0 Å². The third-order valence-corrected chi connectivity index (χ3v) is 10.7. The Kier molecular flexibility index (Phi) is 8.55. The zero-order valence-corrected chi connectivity index (χ0v) is 30.7. The zero-order valence-electron chi connectivity index (χ0n) is 30.7. The van der Waals surface area contributed by atoms with Gasteiger partial charge in [-0.2, -0.15) is 0 Å². The fourth-order valence-corrected chi connectivity index (χ4v) is 8.03. The van der Waals surface area contributed by atoms with Crippen molar-refractivity contribution in [1.82, 2.24) is 0 Å². The largest absolute Gasteiger partial charge is 0.456 e. The van der Waals surface area contributed by atoms with Crippen LogP contribution in [0.3, 0.4) is 0 Å². The predicted octanol–water partition coefficient (Wildman–Crippen LogP) is 15.4. The average molecular weight is 716 g/mol. The first-order valence-electron chi connectivity index (χ1n) is 19.1. The molecule has 0 aliphatic rings. The quantitative estimate of drug-likeness (QED) is 0.156. The van der Waals surface area contributed by atoms with E-state index in [2.05, 4.69) is 217 Å². The summed E-state index contributed by atoms with van der Waals surface area (Å²) in [5, 5.41) is 2.19. The summed E-state index contributed by atoms with van der Waals surface area (Å²) in [5.74, 6) is 0. The molecule has 0 radical (unpaired) electrons. The van der Waals surface area contributed by atoms with Gasteiger partial charge in [0, 0.05) is 27.7 Å². The number of hydrogen-bond acceptors (Lipinski definition) is 2. The van der Waals surface area contributed by atoms with Crippen LogP contribution >= 0.6 is 0 Å². The second kappa shape index (κ2) is 14.4. The fraction of sp³-hybridized carbons (Fsp3) is 0. The molecule has 10 rings (SSSR count). The number of benzene rings is 9. The van der Waals surface area contributed by atoms with Gasteiger partial charge in [0.25, 0.3) is 0 Å². The van der Waals surface area contributed by atoms with E-state index in [4.69, 9.17) is 4.42 Å². The highest BCUT2D eigenvalue weighted by Crippen LogP contribution is 2.49. The van der Waals surface area contributed by atoms with Crippen molar-refractivity contribution in [3.8, 4) is 55.6 Å². The molecule has 264 valence electrons. The maximum absolute atomic E-state index is 6.32. The van der Waals surface area contributed by atoms with Gasteiger partial charge in [-0.05, 0) is 98.6 Å². The van der Waals surface area contributed by atoms with Crippen molar-refractivity contribution in [3.05, 3.63) is 224 Å². The average Bonchev–Trinajstić information content (AvgIpc) is 3.66. The highest BCUT2D eigenvalue weighted by atomic mass is 16.3. The van der Waals surface area contributed by atoms with E-state index < -0.39 is 0 Å². The number of hydrogen-bond donors (Lipinski definition) is 0. The standard InChI is InChI=1S/C54H37NO/c1-4-16-38(17-5-1)42-22-14-23-43(36-42)39-30-32-44(33-31-39)55(45-34-35-53-50(37-45)48-25-12-13-29-52(48)56-53)51-28-15-27-47(41-20-8-3-9-21-41)54(51)49-26-11-10-24-46(49)40-18-6-2-7-19-40/h1-37H. The van der Waals surface area contributed by atoms with Crippen LogP contribution in [0.25, 0.3) is 77.6 Å². The minimum absolute atomic E-state index is 0.872. The van der Waals surface area contributed by atoms with Gasteiger partial charge >= 0.3 is 0 Å². The lowest BCUT2D eigenvalue weighted by Crippen LogP contribution is -2.12. The van der Waals surface area contributed by atoms with Gasteiger partial charge in [0.2, 0.25) is 0 Å². The van der Waals surface area contributed by atoms with Gasteiger partial charge in [-0.1, -0.05) is 176 Å². The molecule has 0 spiro atoms. The second-order valence-corrected chi connectivity index (χ2v) is 14.1. The number of furan rings is 1. The molecule has 56 heavy (non-hydrogen) atoms. The number of nitrogens with zero attached hydrogens (tertiary/aromatic N) is 1. The zero-order chi connectivity index (χ0) is 37.3. The van der Waals surface area contributed by atoms with Gasteiger partial charge in [-0.3, -0.25) is 0 Å². The molecule has 0 aliphatic heterocycles. The normalized spacial score (nSPS) is 11.2. The Labute approximate surface area is 327 Å². The number of fused-ring (bicyclic) bond motifs is 3. The highest BCUT2D eigenvalue weighted by molar-refractivity contribution is 6.07. The van der Waals surface area contributed by atoms with Gasteiger partial charge in [0.05, 0.1) is 5.69 Å². The lowest BCUT2D eigenvalue weighted by molar-refractivity contribution is 0.669. The monoisotopic (exact) mass is 715 g/mol. The molecule has 0 saturated carbocycles. The molecule has 1 aromatic heterocycles. The molecule has 0 saturated heterocycles. The van der Waals surface area contributed by atoms with Crippen molar-refractivity contribution >= 4 is 39.0 Å². The van der Waals surface area contributed by atoms with E-state index in [1.807, 2.05) is 12.1 Å². The lowest BCUT2D eigenvalue weighted by atomic mass is 9.87. The highest BCUT2D eigenvalue weighted by Gasteiger charge is 2.23. The Balaban J connectivity index is 1.20. The summed E-state index contributed by atoms with van der Waals surface area (Å²) in [7, 11) is 0. The van der Waals surface area contributed by atoms with E-state index in [0.717, 1.165) is 55.7 Å². The smallest absolute Gasteiger partial charge is 0.135 e. The van der Waals surface area contributed by atoms with E-state index in [-0.39, 0.29) is 0 Å². The SMILES string of the molecule is c1ccc(-c2cccc(-c3ccc(N(c4ccc5oc6ccccc6c5c4)c4cccc(-c5ccccc5)c4-c4ccccc4-c4ccccc4)cc3)c2)cc1. The summed E-state index contributed by atoms with van der Waals surface area (Å²) in [5.41, 5.74) is 16.7. The number of para-hydroxylation sites is 1. The molecule has 1 heterocycles. The molecule has 0 N–H and O–H groups in total. The fourth-order valence-electron chi connectivity index (χ4n) is 8.03. The van der Waals surface area contributed by atoms with Gasteiger partial charge in [0.1, 0.15) is 11.2 Å². The van der Waals surface area contributed by atoms with Gasteiger partial charge in [0.15, 0.2) is 0 Å². The van der Waals surface area contributed by atoms with E-state index in [1.165, 1.54) is 38.9 Å². The minimum Gasteiger partial charge on any atom is -0.456 e. The van der Waals surface area contributed by atoms with Gasteiger partial charge in [-0.15, -0.1) is 0 Å². The maximum atomic E-state index is 6.32. The molecular weight excluding hydrogens is 679 g/mol. The van der Waals surface area contributed by atoms with E-state index in [1.54, 1.807) is 0 Å². The van der Waals surface area contributed by atoms with Crippen molar-refractivity contribution in [2.75, 3.05) is 4.90 Å². The Hall–Kier alpha value is -7.42. The lowest BCUT2D eigenvalue weighted by Gasteiger charge is -2.30. The molecule has 10 aromatic rings. The summed E-state index contributed by atoms with van der Waals surface area (Å²) in [6, 6.07) is 80.2. The van der Waals surface area contributed by atoms with Crippen molar-refractivity contribution < 1.29 is 4.42 Å². The van der Waals surface area contributed by atoms with Crippen LogP contribution in [0.2, 0.25) is 0 Å². The number of rotatable bonds is 8. The van der Waals surface area contributed by atoms with Crippen LogP contribution in [0.5, 0.6) is 0 Å².